The minimum absolute atomic E-state index is 0.797. The van der Waals surface area contributed by atoms with E-state index < -0.39 is 0 Å². The molecule has 0 amide bonds. The lowest BCUT2D eigenvalue weighted by molar-refractivity contribution is 0.199. The Morgan fingerprint density at radius 2 is 1.76 bits per heavy atom. The van der Waals surface area contributed by atoms with Crippen molar-refractivity contribution in [2.24, 2.45) is 0 Å². The van der Waals surface area contributed by atoms with Crippen LogP contribution in [0.2, 0.25) is 0 Å². The fraction of sp³-hybridized carbons (Fsp3) is 0.444. The summed E-state index contributed by atoms with van der Waals surface area (Å²) in [4.78, 5) is 0. The maximum atomic E-state index is 5.01. The van der Waals surface area contributed by atoms with Gasteiger partial charge in [0.15, 0.2) is 0 Å². The average Bonchev–Trinajstić information content (AvgIpc) is 2.52. The van der Waals surface area contributed by atoms with Crippen LogP contribution in [0.1, 0.15) is 24.8 Å². The van der Waals surface area contributed by atoms with Gasteiger partial charge in [-0.2, -0.15) is 0 Å². The molecular weight excluding hydrogens is 326 g/mol. The molecule has 114 valence electrons. The van der Waals surface area contributed by atoms with Crippen LogP contribution in [0.5, 0.6) is 0 Å². The van der Waals surface area contributed by atoms with Crippen LogP contribution >= 0.6 is 15.9 Å². The molecule has 21 heavy (non-hydrogen) atoms. The van der Waals surface area contributed by atoms with Crippen LogP contribution in [0, 0.1) is 0 Å². The lowest BCUT2D eigenvalue weighted by Crippen LogP contribution is -2.20. The number of halogens is 1. The molecule has 0 heterocycles. The van der Waals surface area contributed by atoms with Crippen molar-refractivity contribution in [1.29, 1.82) is 0 Å². The largest absolute Gasteiger partial charge is 0.383 e. The molecule has 0 aliphatic rings. The molecular formula is C18H24BrNO. The molecule has 0 unspecified atom stereocenters. The standard InChI is InChI=1S/C18H24BrNO/c1-21-14-13-20-12-6-2-3-7-15-10-11-18(19)17-9-5-4-8-16(15)17/h4-5,8-11,20H,2-3,6-7,12-14H2,1H3. The summed E-state index contributed by atoms with van der Waals surface area (Å²) in [6.07, 6.45) is 4.91. The highest BCUT2D eigenvalue weighted by atomic mass is 79.9. The Bertz CT molecular complexity index is 556. The SMILES string of the molecule is COCCNCCCCCc1ccc(Br)c2ccccc12. The predicted octanol–water partition coefficient (Wildman–Crippen LogP) is 4.55. The van der Waals surface area contributed by atoms with Gasteiger partial charge in [-0.1, -0.05) is 52.7 Å². The number of unbranched alkanes of at least 4 members (excludes halogenated alkanes) is 2. The Labute approximate surface area is 136 Å². The quantitative estimate of drug-likeness (QED) is 0.670. The molecule has 0 bridgehead atoms. The number of hydrogen-bond donors (Lipinski definition) is 1. The summed E-state index contributed by atoms with van der Waals surface area (Å²) in [5, 5.41) is 6.09. The fourth-order valence-electron chi connectivity index (χ4n) is 2.58. The van der Waals surface area contributed by atoms with Gasteiger partial charge in [-0.3, -0.25) is 0 Å². The van der Waals surface area contributed by atoms with Crippen LogP contribution in [-0.4, -0.2) is 26.8 Å². The highest BCUT2D eigenvalue weighted by Gasteiger charge is 2.03. The summed E-state index contributed by atoms with van der Waals surface area (Å²) < 4.78 is 6.20. The highest BCUT2D eigenvalue weighted by molar-refractivity contribution is 9.10. The highest BCUT2D eigenvalue weighted by Crippen LogP contribution is 2.27. The number of ether oxygens (including phenoxy) is 1. The van der Waals surface area contributed by atoms with Crippen LogP contribution in [0.25, 0.3) is 10.8 Å². The molecule has 3 heteroatoms. The number of rotatable bonds is 9. The van der Waals surface area contributed by atoms with Crippen molar-refractivity contribution in [2.45, 2.75) is 25.7 Å². The molecule has 0 aliphatic heterocycles. The second kappa shape index (κ2) is 9.19. The molecule has 0 spiro atoms. The Morgan fingerprint density at radius 3 is 2.57 bits per heavy atom. The summed E-state index contributed by atoms with van der Waals surface area (Å²) >= 11 is 3.64. The third kappa shape index (κ3) is 5.10. The molecule has 2 nitrogen and oxygen atoms in total. The van der Waals surface area contributed by atoms with Gasteiger partial charge in [-0.15, -0.1) is 0 Å². The van der Waals surface area contributed by atoms with Gasteiger partial charge < -0.3 is 10.1 Å². The fourth-order valence-corrected chi connectivity index (χ4v) is 3.06. The van der Waals surface area contributed by atoms with Gasteiger partial charge in [0.2, 0.25) is 0 Å². The maximum Gasteiger partial charge on any atom is 0.0587 e. The smallest absolute Gasteiger partial charge is 0.0587 e. The zero-order valence-electron chi connectivity index (χ0n) is 12.7. The van der Waals surface area contributed by atoms with Gasteiger partial charge in [0.1, 0.15) is 0 Å². The lowest BCUT2D eigenvalue weighted by Gasteiger charge is -2.08. The first kappa shape index (κ1) is 16.5. The number of fused-ring (bicyclic) bond motifs is 1. The Morgan fingerprint density at radius 1 is 0.952 bits per heavy atom. The van der Waals surface area contributed by atoms with E-state index in [-0.39, 0.29) is 0 Å². The number of methoxy groups -OCH3 is 1. The van der Waals surface area contributed by atoms with Gasteiger partial charge in [0.05, 0.1) is 6.61 Å². The van der Waals surface area contributed by atoms with E-state index in [0.717, 1.165) is 26.1 Å². The number of aryl methyl sites for hydroxylation is 1. The summed E-state index contributed by atoms with van der Waals surface area (Å²) in [6, 6.07) is 13.1. The van der Waals surface area contributed by atoms with Crippen molar-refractivity contribution in [1.82, 2.24) is 5.32 Å². The van der Waals surface area contributed by atoms with E-state index in [1.54, 1.807) is 7.11 Å². The third-order valence-corrected chi connectivity index (χ3v) is 4.44. The molecule has 0 aliphatic carbocycles. The first-order chi connectivity index (χ1) is 10.3. The molecule has 2 aromatic rings. The van der Waals surface area contributed by atoms with Crippen LogP contribution in [0.15, 0.2) is 40.9 Å². The predicted molar refractivity (Wildman–Crippen MR) is 93.9 cm³/mol. The van der Waals surface area contributed by atoms with E-state index in [2.05, 4.69) is 57.6 Å². The van der Waals surface area contributed by atoms with E-state index in [0.29, 0.717) is 0 Å². The zero-order valence-corrected chi connectivity index (χ0v) is 14.3. The normalized spacial score (nSPS) is 11.1. The number of benzene rings is 2. The molecule has 2 aromatic carbocycles. The summed E-state index contributed by atoms with van der Waals surface area (Å²) in [5.74, 6) is 0. The van der Waals surface area contributed by atoms with E-state index >= 15 is 0 Å². The van der Waals surface area contributed by atoms with Crippen molar-refractivity contribution in [3.8, 4) is 0 Å². The molecule has 0 saturated carbocycles. The number of nitrogens with one attached hydrogen (secondary N) is 1. The average molecular weight is 350 g/mol. The van der Waals surface area contributed by atoms with Crippen LogP contribution in [-0.2, 0) is 11.2 Å². The van der Waals surface area contributed by atoms with Crippen LogP contribution in [0.4, 0.5) is 0 Å². The van der Waals surface area contributed by atoms with Crippen molar-refractivity contribution in [2.75, 3.05) is 26.8 Å². The van der Waals surface area contributed by atoms with Gasteiger partial charge in [-0.05, 0) is 48.2 Å². The molecule has 0 aromatic heterocycles. The minimum Gasteiger partial charge on any atom is -0.383 e. The van der Waals surface area contributed by atoms with Crippen LogP contribution < -0.4 is 5.32 Å². The number of hydrogen-bond acceptors (Lipinski definition) is 2. The Hall–Kier alpha value is -0.900. The molecule has 1 N–H and O–H groups in total. The van der Waals surface area contributed by atoms with Gasteiger partial charge in [0.25, 0.3) is 0 Å². The third-order valence-electron chi connectivity index (χ3n) is 3.74. The topological polar surface area (TPSA) is 21.3 Å². The van der Waals surface area contributed by atoms with Gasteiger partial charge in [-0.25, -0.2) is 0 Å². The first-order valence-electron chi connectivity index (χ1n) is 7.68. The summed E-state index contributed by atoms with van der Waals surface area (Å²) in [5.41, 5.74) is 1.46. The second-order valence-electron chi connectivity index (χ2n) is 5.31. The van der Waals surface area contributed by atoms with E-state index in [1.165, 1.54) is 40.1 Å². The van der Waals surface area contributed by atoms with Crippen molar-refractivity contribution in [3.63, 3.8) is 0 Å². The monoisotopic (exact) mass is 349 g/mol. The van der Waals surface area contributed by atoms with E-state index in [9.17, 15) is 0 Å². The molecule has 0 fully saturated rings. The van der Waals surface area contributed by atoms with Crippen LogP contribution in [0.3, 0.4) is 0 Å². The Kier molecular flexibility index (Phi) is 7.20. The van der Waals surface area contributed by atoms with E-state index in [1.807, 2.05) is 0 Å². The summed E-state index contributed by atoms with van der Waals surface area (Å²) in [7, 11) is 1.74. The van der Waals surface area contributed by atoms with Crippen molar-refractivity contribution < 1.29 is 4.74 Å². The molecule has 0 radical (unpaired) electrons. The van der Waals surface area contributed by atoms with E-state index in [4.69, 9.17) is 4.74 Å². The van der Waals surface area contributed by atoms with Gasteiger partial charge in [0, 0.05) is 18.1 Å². The first-order valence-corrected chi connectivity index (χ1v) is 8.48. The molecule has 0 saturated heterocycles. The van der Waals surface area contributed by atoms with Crippen molar-refractivity contribution in [3.05, 3.63) is 46.4 Å². The summed E-state index contributed by atoms with van der Waals surface area (Å²) in [6.45, 7) is 2.84. The molecule has 0 atom stereocenters. The second-order valence-corrected chi connectivity index (χ2v) is 6.16. The maximum absolute atomic E-state index is 5.01. The molecule has 2 rings (SSSR count). The van der Waals surface area contributed by atoms with Gasteiger partial charge >= 0.3 is 0 Å². The lowest BCUT2D eigenvalue weighted by atomic mass is 10.00. The van der Waals surface area contributed by atoms with Crippen molar-refractivity contribution >= 4 is 26.7 Å². The Balaban J connectivity index is 1.78. The zero-order chi connectivity index (χ0) is 14.9. The minimum atomic E-state index is 0.797.